The van der Waals surface area contributed by atoms with Crippen LogP contribution in [0.3, 0.4) is 0 Å². The monoisotopic (exact) mass is 371 g/mol. The van der Waals surface area contributed by atoms with E-state index < -0.39 is 0 Å². The lowest BCUT2D eigenvalue weighted by molar-refractivity contribution is 0.102. The Hall–Kier alpha value is -2.60. The lowest BCUT2D eigenvalue weighted by Crippen LogP contribution is -2.12. The third-order valence-corrected chi connectivity index (χ3v) is 3.82. The van der Waals surface area contributed by atoms with Crippen molar-refractivity contribution in [1.82, 2.24) is 10.2 Å². The van der Waals surface area contributed by atoms with Crippen LogP contribution in [-0.4, -0.2) is 23.2 Å². The van der Waals surface area contributed by atoms with Crippen molar-refractivity contribution < 1.29 is 9.53 Å². The zero-order valence-corrected chi connectivity index (χ0v) is 13.9. The van der Waals surface area contributed by atoms with Gasteiger partial charge in [0.05, 0.1) is 12.8 Å². The first kappa shape index (κ1) is 15.3. The van der Waals surface area contributed by atoms with Crippen LogP contribution in [0.1, 0.15) is 10.5 Å². The van der Waals surface area contributed by atoms with Gasteiger partial charge in [0, 0.05) is 21.8 Å². The fraction of sp³-hybridized carbons (Fsp3) is 0.0588. The molecule has 2 aromatic carbocycles. The Morgan fingerprint density at radius 1 is 1.17 bits per heavy atom. The number of anilines is 1. The van der Waals surface area contributed by atoms with Crippen molar-refractivity contribution in [3.05, 3.63) is 64.8 Å². The average Bonchev–Trinajstić information content (AvgIpc) is 3.06. The van der Waals surface area contributed by atoms with Crippen LogP contribution in [0.2, 0.25) is 0 Å². The number of H-pyrrole nitrogens is 1. The molecular formula is C17H14BrN3O2. The summed E-state index contributed by atoms with van der Waals surface area (Å²) < 4.78 is 6.13. The number of rotatable bonds is 4. The number of carbonyl (C=O) groups is 1. The highest BCUT2D eigenvalue weighted by Crippen LogP contribution is 2.21. The van der Waals surface area contributed by atoms with Gasteiger partial charge in [0.1, 0.15) is 11.4 Å². The molecule has 1 heterocycles. The number of aromatic nitrogens is 2. The van der Waals surface area contributed by atoms with Gasteiger partial charge in [-0.1, -0.05) is 34.1 Å². The van der Waals surface area contributed by atoms with Gasteiger partial charge < -0.3 is 10.1 Å². The Bertz CT molecular complexity index is 828. The zero-order chi connectivity index (χ0) is 16.2. The maximum absolute atomic E-state index is 12.3. The number of hydrogen-bond acceptors (Lipinski definition) is 3. The molecule has 0 aliphatic heterocycles. The molecule has 5 nitrogen and oxygen atoms in total. The first-order valence-electron chi connectivity index (χ1n) is 6.92. The summed E-state index contributed by atoms with van der Waals surface area (Å²) in [6.45, 7) is 0. The highest BCUT2D eigenvalue weighted by Gasteiger charge is 2.11. The summed E-state index contributed by atoms with van der Waals surface area (Å²) in [7, 11) is 1.58. The SMILES string of the molecule is COc1cccc(NC(=O)c2cc(-c3ccc(Br)cc3)n[nH]2)c1. The van der Waals surface area contributed by atoms with Crippen molar-refractivity contribution in [2.45, 2.75) is 0 Å². The highest BCUT2D eigenvalue weighted by molar-refractivity contribution is 9.10. The van der Waals surface area contributed by atoms with Crippen LogP contribution < -0.4 is 10.1 Å². The molecule has 0 atom stereocenters. The molecule has 6 heteroatoms. The van der Waals surface area contributed by atoms with E-state index in [0.29, 0.717) is 22.8 Å². The molecule has 1 amide bonds. The number of nitrogens with one attached hydrogen (secondary N) is 2. The van der Waals surface area contributed by atoms with Crippen LogP contribution >= 0.6 is 15.9 Å². The quantitative estimate of drug-likeness (QED) is 0.725. The molecule has 0 fully saturated rings. The number of carbonyl (C=O) groups excluding carboxylic acids is 1. The van der Waals surface area contributed by atoms with Crippen molar-refractivity contribution >= 4 is 27.5 Å². The first-order valence-corrected chi connectivity index (χ1v) is 7.72. The topological polar surface area (TPSA) is 67.0 Å². The Morgan fingerprint density at radius 2 is 1.96 bits per heavy atom. The minimum Gasteiger partial charge on any atom is -0.497 e. The highest BCUT2D eigenvalue weighted by atomic mass is 79.9. The van der Waals surface area contributed by atoms with Crippen molar-refractivity contribution in [2.75, 3.05) is 12.4 Å². The summed E-state index contributed by atoms with van der Waals surface area (Å²) in [6, 6.07) is 16.6. The zero-order valence-electron chi connectivity index (χ0n) is 12.3. The normalized spacial score (nSPS) is 10.3. The standard InChI is InChI=1S/C17H14BrN3O2/c1-23-14-4-2-3-13(9-14)19-17(22)16-10-15(20-21-16)11-5-7-12(18)8-6-11/h2-10H,1H3,(H,19,22)(H,20,21). The van der Waals surface area contributed by atoms with Gasteiger partial charge in [0.2, 0.25) is 0 Å². The van der Waals surface area contributed by atoms with E-state index in [1.54, 1.807) is 25.3 Å². The number of nitrogens with zero attached hydrogens (tertiary/aromatic N) is 1. The third kappa shape index (κ3) is 3.60. The van der Waals surface area contributed by atoms with Crippen molar-refractivity contribution in [3.8, 4) is 17.0 Å². The number of ether oxygens (including phenoxy) is 1. The van der Waals surface area contributed by atoms with Gasteiger partial charge in [-0.2, -0.15) is 5.10 Å². The van der Waals surface area contributed by atoms with Gasteiger partial charge in [-0.15, -0.1) is 0 Å². The summed E-state index contributed by atoms with van der Waals surface area (Å²) in [5.41, 5.74) is 2.71. The molecule has 1 aromatic heterocycles. The van der Waals surface area contributed by atoms with Gasteiger partial charge in [0.25, 0.3) is 5.91 Å². The van der Waals surface area contributed by atoms with E-state index in [-0.39, 0.29) is 5.91 Å². The molecule has 23 heavy (non-hydrogen) atoms. The van der Waals surface area contributed by atoms with E-state index >= 15 is 0 Å². The van der Waals surface area contributed by atoms with Gasteiger partial charge in [0.15, 0.2) is 0 Å². The number of hydrogen-bond donors (Lipinski definition) is 2. The van der Waals surface area contributed by atoms with Crippen LogP contribution in [0, 0.1) is 0 Å². The van der Waals surface area contributed by atoms with Crippen LogP contribution in [0.5, 0.6) is 5.75 Å². The maximum atomic E-state index is 12.3. The number of amides is 1. The summed E-state index contributed by atoms with van der Waals surface area (Å²) in [4.78, 5) is 12.3. The second-order valence-electron chi connectivity index (χ2n) is 4.86. The van der Waals surface area contributed by atoms with Gasteiger partial charge in [-0.3, -0.25) is 9.89 Å². The Labute approximate surface area is 141 Å². The molecule has 0 unspecified atom stereocenters. The Kier molecular flexibility index (Phi) is 4.43. The molecule has 0 aliphatic rings. The van der Waals surface area contributed by atoms with E-state index in [1.807, 2.05) is 36.4 Å². The summed E-state index contributed by atoms with van der Waals surface area (Å²) in [5.74, 6) is 0.428. The summed E-state index contributed by atoms with van der Waals surface area (Å²) in [6.07, 6.45) is 0. The van der Waals surface area contributed by atoms with E-state index in [1.165, 1.54) is 0 Å². The van der Waals surface area contributed by atoms with E-state index in [2.05, 4.69) is 31.4 Å². The summed E-state index contributed by atoms with van der Waals surface area (Å²) >= 11 is 3.39. The van der Waals surface area contributed by atoms with Crippen LogP contribution in [-0.2, 0) is 0 Å². The summed E-state index contributed by atoms with van der Waals surface area (Å²) in [5, 5.41) is 9.76. The van der Waals surface area contributed by atoms with Crippen molar-refractivity contribution in [3.63, 3.8) is 0 Å². The van der Waals surface area contributed by atoms with Gasteiger partial charge in [-0.05, 0) is 30.3 Å². The van der Waals surface area contributed by atoms with Crippen LogP contribution in [0.15, 0.2) is 59.1 Å². The van der Waals surface area contributed by atoms with Crippen LogP contribution in [0.25, 0.3) is 11.3 Å². The van der Waals surface area contributed by atoms with Crippen molar-refractivity contribution in [1.29, 1.82) is 0 Å². The van der Waals surface area contributed by atoms with Gasteiger partial charge in [-0.25, -0.2) is 0 Å². The predicted octanol–water partition coefficient (Wildman–Crippen LogP) is 4.10. The first-order chi connectivity index (χ1) is 11.2. The fourth-order valence-corrected chi connectivity index (χ4v) is 2.37. The number of methoxy groups -OCH3 is 1. The predicted molar refractivity (Wildman–Crippen MR) is 92.7 cm³/mol. The molecule has 3 aromatic rings. The second kappa shape index (κ2) is 6.66. The van der Waals surface area contributed by atoms with Crippen molar-refractivity contribution in [2.24, 2.45) is 0 Å². The molecule has 0 saturated carbocycles. The number of halogens is 1. The molecule has 2 N–H and O–H groups in total. The Balaban J connectivity index is 1.76. The largest absolute Gasteiger partial charge is 0.497 e. The maximum Gasteiger partial charge on any atom is 0.273 e. The molecule has 0 aliphatic carbocycles. The van der Waals surface area contributed by atoms with Crippen LogP contribution in [0.4, 0.5) is 5.69 Å². The Morgan fingerprint density at radius 3 is 2.70 bits per heavy atom. The molecule has 0 spiro atoms. The molecule has 116 valence electrons. The second-order valence-corrected chi connectivity index (χ2v) is 5.78. The molecule has 3 rings (SSSR count). The molecule has 0 bridgehead atoms. The van der Waals surface area contributed by atoms with Gasteiger partial charge >= 0.3 is 0 Å². The number of benzene rings is 2. The minimum absolute atomic E-state index is 0.255. The lowest BCUT2D eigenvalue weighted by atomic mass is 10.1. The fourth-order valence-electron chi connectivity index (χ4n) is 2.11. The average molecular weight is 372 g/mol. The lowest BCUT2D eigenvalue weighted by Gasteiger charge is -2.05. The number of aromatic amines is 1. The third-order valence-electron chi connectivity index (χ3n) is 3.29. The smallest absolute Gasteiger partial charge is 0.273 e. The minimum atomic E-state index is -0.255. The molecular weight excluding hydrogens is 358 g/mol. The van der Waals surface area contributed by atoms with E-state index in [4.69, 9.17) is 4.74 Å². The molecule has 0 radical (unpaired) electrons. The van der Waals surface area contributed by atoms with E-state index in [9.17, 15) is 4.79 Å². The molecule has 0 saturated heterocycles. The van der Waals surface area contributed by atoms with E-state index in [0.717, 1.165) is 10.0 Å².